The monoisotopic (exact) mass is 280 g/mol. The highest BCUT2D eigenvalue weighted by molar-refractivity contribution is 4.82. The van der Waals surface area contributed by atoms with Gasteiger partial charge in [-0.25, -0.2) is 0 Å². The van der Waals surface area contributed by atoms with Crippen LogP contribution < -0.4 is 0 Å². The topological polar surface area (TPSA) is 18.5 Å². The SMILES string of the molecule is C=CCOC[C@H]1CC[C@H]([C@H]2CC[C@H](COC)CC2)CC1. The molecule has 0 aliphatic heterocycles. The summed E-state index contributed by atoms with van der Waals surface area (Å²) in [5.74, 6) is 3.63. The minimum atomic E-state index is 0.712. The van der Waals surface area contributed by atoms with Gasteiger partial charge in [-0.1, -0.05) is 6.08 Å². The molecule has 2 fully saturated rings. The Balaban J connectivity index is 1.63. The van der Waals surface area contributed by atoms with Gasteiger partial charge in [-0.05, 0) is 75.0 Å². The zero-order valence-corrected chi connectivity index (χ0v) is 13.2. The van der Waals surface area contributed by atoms with E-state index in [1.165, 1.54) is 51.4 Å². The maximum atomic E-state index is 5.61. The summed E-state index contributed by atoms with van der Waals surface area (Å²) in [5, 5.41) is 0. The summed E-state index contributed by atoms with van der Waals surface area (Å²) in [6.45, 7) is 6.33. The van der Waals surface area contributed by atoms with E-state index in [2.05, 4.69) is 6.58 Å². The summed E-state index contributed by atoms with van der Waals surface area (Å²) in [5.41, 5.74) is 0. The van der Waals surface area contributed by atoms with Crippen molar-refractivity contribution in [1.29, 1.82) is 0 Å². The minimum absolute atomic E-state index is 0.712. The number of methoxy groups -OCH3 is 1. The summed E-state index contributed by atoms with van der Waals surface area (Å²) >= 11 is 0. The van der Waals surface area contributed by atoms with Crippen molar-refractivity contribution in [2.45, 2.75) is 51.4 Å². The molecule has 2 nitrogen and oxygen atoms in total. The van der Waals surface area contributed by atoms with Gasteiger partial charge in [0.2, 0.25) is 0 Å². The van der Waals surface area contributed by atoms with Crippen molar-refractivity contribution in [2.24, 2.45) is 23.7 Å². The Kier molecular flexibility index (Phi) is 7.09. The molecule has 2 aliphatic carbocycles. The first kappa shape index (κ1) is 16.0. The van der Waals surface area contributed by atoms with Gasteiger partial charge in [0, 0.05) is 20.3 Å². The molecule has 20 heavy (non-hydrogen) atoms. The van der Waals surface area contributed by atoms with Gasteiger partial charge >= 0.3 is 0 Å². The lowest BCUT2D eigenvalue weighted by Gasteiger charge is -2.37. The Labute approximate surface area is 124 Å². The molecule has 2 heteroatoms. The van der Waals surface area contributed by atoms with Gasteiger partial charge in [0.15, 0.2) is 0 Å². The predicted molar refractivity (Wildman–Crippen MR) is 83.8 cm³/mol. The van der Waals surface area contributed by atoms with Crippen LogP contribution in [0.25, 0.3) is 0 Å². The second-order valence-corrected chi connectivity index (χ2v) is 6.84. The molecule has 0 spiro atoms. The van der Waals surface area contributed by atoms with E-state index in [9.17, 15) is 0 Å². The second kappa shape index (κ2) is 8.84. The third-order valence-corrected chi connectivity index (χ3v) is 5.44. The molecular weight excluding hydrogens is 248 g/mol. The Hall–Kier alpha value is -0.340. The van der Waals surface area contributed by atoms with Crippen LogP contribution in [-0.4, -0.2) is 26.9 Å². The first-order valence-corrected chi connectivity index (χ1v) is 8.51. The molecule has 0 amide bonds. The highest BCUT2D eigenvalue weighted by Gasteiger charge is 2.30. The largest absolute Gasteiger partial charge is 0.384 e. The van der Waals surface area contributed by atoms with Crippen LogP contribution in [0.2, 0.25) is 0 Å². The van der Waals surface area contributed by atoms with E-state index < -0.39 is 0 Å². The Bertz CT molecular complexity index is 261. The Morgan fingerprint density at radius 2 is 1.35 bits per heavy atom. The average molecular weight is 280 g/mol. The third-order valence-electron chi connectivity index (χ3n) is 5.44. The molecule has 0 heterocycles. The van der Waals surface area contributed by atoms with Gasteiger partial charge in [0.05, 0.1) is 6.61 Å². The lowest BCUT2D eigenvalue weighted by atomic mass is 9.69. The number of hydrogen-bond donors (Lipinski definition) is 0. The molecule has 0 aromatic carbocycles. The van der Waals surface area contributed by atoms with Crippen molar-refractivity contribution in [2.75, 3.05) is 26.9 Å². The fraction of sp³-hybridized carbons (Fsp3) is 0.889. The number of ether oxygens (including phenoxy) is 2. The van der Waals surface area contributed by atoms with Crippen LogP contribution >= 0.6 is 0 Å². The highest BCUT2D eigenvalue weighted by Crippen LogP contribution is 2.41. The van der Waals surface area contributed by atoms with Crippen LogP contribution in [0.15, 0.2) is 12.7 Å². The molecule has 0 radical (unpaired) electrons. The molecule has 2 saturated carbocycles. The smallest absolute Gasteiger partial charge is 0.0644 e. The van der Waals surface area contributed by atoms with Crippen LogP contribution in [0.4, 0.5) is 0 Å². The summed E-state index contributed by atoms with van der Waals surface area (Å²) < 4.78 is 10.9. The lowest BCUT2D eigenvalue weighted by molar-refractivity contribution is 0.0686. The van der Waals surface area contributed by atoms with Gasteiger partial charge in [0.25, 0.3) is 0 Å². The minimum Gasteiger partial charge on any atom is -0.384 e. The van der Waals surface area contributed by atoms with Gasteiger partial charge < -0.3 is 9.47 Å². The molecule has 0 atom stereocenters. The summed E-state index contributed by atoms with van der Waals surface area (Å²) in [6, 6.07) is 0. The van der Waals surface area contributed by atoms with E-state index in [4.69, 9.17) is 9.47 Å². The van der Waals surface area contributed by atoms with Crippen LogP contribution in [-0.2, 0) is 9.47 Å². The van der Waals surface area contributed by atoms with Crippen molar-refractivity contribution in [1.82, 2.24) is 0 Å². The van der Waals surface area contributed by atoms with Crippen LogP contribution in [0, 0.1) is 23.7 Å². The third kappa shape index (κ3) is 4.89. The zero-order chi connectivity index (χ0) is 14.2. The number of rotatable bonds is 7. The Morgan fingerprint density at radius 1 is 0.850 bits per heavy atom. The van der Waals surface area contributed by atoms with Crippen molar-refractivity contribution in [3.05, 3.63) is 12.7 Å². The molecule has 0 bridgehead atoms. The predicted octanol–water partition coefficient (Wildman–Crippen LogP) is 4.45. The zero-order valence-electron chi connectivity index (χ0n) is 13.2. The van der Waals surface area contributed by atoms with E-state index in [0.717, 1.165) is 36.9 Å². The molecule has 2 rings (SSSR count). The molecule has 0 aromatic heterocycles. The quantitative estimate of drug-likeness (QED) is 0.507. The van der Waals surface area contributed by atoms with Crippen molar-refractivity contribution in [3.8, 4) is 0 Å². The summed E-state index contributed by atoms with van der Waals surface area (Å²) in [4.78, 5) is 0. The first-order valence-electron chi connectivity index (χ1n) is 8.51. The summed E-state index contributed by atoms with van der Waals surface area (Å²) in [6.07, 6.45) is 13.1. The average Bonchev–Trinajstić information content (AvgIpc) is 2.49. The van der Waals surface area contributed by atoms with E-state index in [-0.39, 0.29) is 0 Å². The maximum Gasteiger partial charge on any atom is 0.0644 e. The molecule has 0 N–H and O–H groups in total. The molecule has 0 saturated heterocycles. The second-order valence-electron chi connectivity index (χ2n) is 6.84. The molecule has 116 valence electrons. The molecule has 0 unspecified atom stereocenters. The van der Waals surface area contributed by atoms with Crippen molar-refractivity contribution < 1.29 is 9.47 Å². The van der Waals surface area contributed by atoms with E-state index >= 15 is 0 Å². The van der Waals surface area contributed by atoms with E-state index in [1.807, 2.05) is 13.2 Å². The first-order chi connectivity index (χ1) is 9.83. The Morgan fingerprint density at radius 3 is 1.80 bits per heavy atom. The molecular formula is C18H32O2. The van der Waals surface area contributed by atoms with Gasteiger partial charge in [-0.3, -0.25) is 0 Å². The van der Waals surface area contributed by atoms with Crippen LogP contribution in [0.5, 0.6) is 0 Å². The van der Waals surface area contributed by atoms with Gasteiger partial charge in [-0.15, -0.1) is 6.58 Å². The van der Waals surface area contributed by atoms with E-state index in [1.54, 1.807) is 0 Å². The van der Waals surface area contributed by atoms with Crippen molar-refractivity contribution in [3.63, 3.8) is 0 Å². The van der Waals surface area contributed by atoms with Gasteiger partial charge in [0.1, 0.15) is 0 Å². The lowest BCUT2D eigenvalue weighted by Crippen LogP contribution is -2.28. The van der Waals surface area contributed by atoms with Crippen LogP contribution in [0.1, 0.15) is 51.4 Å². The fourth-order valence-electron chi connectivity index (χ4n) is 4.21. The standard InChI is InChI=1S/C18H32O2/c1-3-12-20-14-16-6-10-18(11-7-16)17-8-4-15(5-9-17)13-19-2/h3,15-18H,1,4-14H2,2H3/t15-,16-,17-,18-. The molecule has 2 aliphatic rings. The number of hydrogen-bond acceptors (Lipinski definition) is 2. The normalized spacial score (nSPS) is 34.9. The fourth-order valence-corrected chi connectivity index (χ4v) is 4.21. The van der Waals surface area contributed by atoms with E-state index in [0.29, 0.717) is 6.61 Å². The van der Waals surface area contributed by atoms with Crippen molar-refractivity contribution >= 4 is 0 Å². The highest BCUT2D eigenvalue weighted by atomic mass is 16.5. The molecule has 0 aromatic rings. The van der Waals surface area contributed by atoms with Crippen LogP contribution in [0.3, 0.4) is 0 Å². The van der Waals surface area contributed by atoms with Gasteiger partial charge in [-0.2, -0.15) is 0 Å². The summed E-state index contributed by atoms with van der Waals surface area (Å²) in [7, 11) is 1.84. The maximum absolute atomic E-state index is 5.61.